The van der Waals surface area contributed by atoms with Crippen LogP contribution in [0.2, 0.25) is 0 Å². The quantitative estimate of drug-likeness (QED) is 0.346. The molecule has 0 heterocycles. The van der Waals surface area contributed by atoms with E-state index in [1.165, 1.54) is 0 Å². The van der Waals surface area contributed by atoms with E-state index in [0.717, 1.165) is 0 Å². The third kappa shape index (κ3) is 3.14. The van der Waals surface area contributed by atoms with Crippen LogP contribution in [0.5, 0.6) is 0 Å². The van der Waals surface area contributed by atoms with Crippen LogP contribution in [0.3, 0.4) is 0 Å². The van der Waals surface area contributed by atoms with E-state index in [1.807, 2.05) is 0 Å². The van der Waals surface area contributed by atoms with E-state index in [9.17, 15) is 41.0 Å². The van der Waals surface area contributed by atoms with Gasteiger partial charge in [-0.3, -0.25) is 4.55 Å². The molecule has 0 saturated heterocycles. The van der Waals surface area contributed by atoms with E-state index in [1.54, 1.807) is 0 Å². The van der Waals surface area contributed by atoms with E-state index in [4.69, 9.17) is 4.55 Å². The zero-order valence-electron chi connectivity index (χ0n) is 14.1. The van der Waals surface area contributed by atoms with Crippen molar-refractivity contribution in [2.24, 2.45) is 11.3 Å². The highest BCUT2D eigenvalue weighted by Gasteiger charge is 2.72. The van der Waals surface area contributed by atoms with Gasteiger partial charge in [-0.2, -0.15) is 21.6 Å². The van der Waals surface area contributed by atoms with Gasteiger partial charge in [-0.15, -0.1) is 0 Å². The predicted octanol–water partition coefficient (Wildman–Crippen LogP) is 1.13. The summed E-state index contributed by atoms with van der Waals surface area (Å²) in [5.41, 5.74) is -3.53. The number of alkyl halides is 4. The normalized spacial score (nSPS) is 40.6. The number of rotatable bonds is 5. The molecule has 4 fully saturated rings. The molecule has 4 aliphatic rings. The van der Waals surface area contributed by atoms with Crippen molar-refractivity contribution in [1.29, 1.82) is 0 Å². The van der Waals surface area contributed by atoms with Gasteiger partial charge in [-0.05, 0) is 38.0 Å². The van der Waals surface area contributed by atoms with E-state index >= 15 is 0 Å². The Balaban J connectivity index is 1.85. The number of aliphatic hydroxyl groups is 2. The van der Waals surface area contributed by atoms with Gasteiger partial charge in [-0.25, -0.2) is 9.18 Å². The first kappa shape index (κ1) is 20.7. The molecule has 3 N–H and O–H groups in total. The number of hydrogen-bond donors (Lipinski definition) is 3. The molecule has 4 aliphatic carbocycles. The molecule has 3 atom stereocenters. The molecule has 0 spiro atoms. The lowest BCUT2D eigenvalue weighted by atomic mass is 9.46. The van der Waals surface area contributed by atoms with Crippen LogP contribution in [0, 0.1) is 11.3 Å². The summed E-state index contributed by atoms with van der Waals surface area (Å²) < 4.78 is 83.8. The Morgan fingerprint density at radius 3 is 1.96 bits per heavy atom. The fourth-order valence-electron chi connectivity index (χ4n) is 5.60. The molecule has 3 unspecified atom stereocenters. The molecule has 4 rings (SSSR count). The first-order valence-corrected chi connectivity index (χ1v) is 9.75. The Morgan fingerprint density at radius 1 is 1.07 bits per heavy atom. The zero-order chi connectivity index (χ0) is 20.5. The molecule has 0 aromatic carbocycles. The van der Waals surface area contributed by atoms with Crippen molar-refractivity contribution in [3.05, 3.63) is 0 Å². The summed E-state index contributed by atoms with van der Waals surface area (Å²) in [5, 5.41) is 21.2. The zero-order valence-corrected chi connectivity index (χ0v) is 14.9. The van der Waals surface area contributed by atoms with Crippen LogP contribution in [-0.4, -0.2) is 64.6 Å². The second kappa shape index (κ2) is 5.77. The summed E-state index contributed by atoms with van der Waals surface area (Å²) in [6.07, 6.45) is -4.52. The minimum Gasteiger partial charge on any atom is -0.464 e. The van der Waals surface area contributed by atoms with Crippen molar-refractivity contribution >= 4 is 16.1 Å². The van der Waals surface area contributed by atoms with Gasteiger partial charge in [-0.1, -0.05) is 0 Å². The van der Waals surface area contributed by atoms with Gasteiger partial charge in [0.15, 0.2) is 0 Å². The summed E-state index contributed by atoms with van der Waals surface area (Å²) in [4.78, 5) is 12.0. The molecular weight excluding hydrogens is 400 g/mol. The molecule has 12 heteroatoms. The molecule has 0 aliphatic heterocycles. The minimum absolute atomic E-state index is 0.0621. The van der Waals surface area contributed by atoms with Gasteiger partial charge in [0.25, 0.3) is 10.1 Å². The number of hydrogen-bond acceptors (Lipinski definition) is 6. The van der Waals surface area contributed by atoms with Crippen LogP contribution in [0.25, 0.3) is 0 Å². The fourth-order valence-corrected chi connectivity index (χ4v) is 6.30. The number of carbonyl (C=O) groups is 1. The van der Waals surface area contributed by atoms with Crippen molar-refractivity contribution in [2.45, 2.75) is 60.7 Å². The molecule has 0 amide bonds. The molecule has 4 bridgehead atoms. The van der Waals surface area contributed by atoms with Crippen LogP contribution in [-0.2, 0) is 19.6 Å². The van der Waals surface area contributed by atoms with Crippen molar-refractivity contribution in [3.63, 3.8) is 0 Å². The van der Waals surface area contributed by atoms with Crippen LogP contribution in [0.4, 0.5) is 17.6 Å². The van der Waals surface area contributed by atoms with E-state index < -0.39 is 56.9 Å². The molecule has 0 radical (unpaired) electrons. The predicted molar refractivity (Wildman–Crippen MR) is 80.8 cm³/mol. The van der Waals surface area contributed by atoms with Gasteiger partial charge >= 0.3 is 16.9 Å². The molecule has 4 saturated carbocycles. The van der Waals surface area contributed by atoms with Crippen LogP contribution >= 0.6 is 0 Å². The second-order valence-corrected chi connectivity index (χ2v) is 10.1. The van der Waals surface area contributed by atoms with Crippen molar-refractivity contribution < 1.29 is 50.3 Å². The highest BCUT2D eigenvalue weighted by molar-refractivity contribution is 7.88. The number of ether oxygens (including phenoxy) is 1. The fraction of sp³-hybridized carbons (Fsp3) is 0.933. The van der Waals surface area contributed by atoms with Gasteiger partial charge in [0.1, 0.15) is 6.67 Å². The Morgan fingerprint density at radius 2 is 1.59 bits per heavy atom. The lowest BCUT2D eigenvalue weighted by molar-refractivity contribution is -0.243. The highest BCUT2D eigenvalue weighted by atomic mass is 32.2. The van der Waals surface area contributed by atoms with Crippen molar-refractivity contribution in [1.82, 2.24) is 0 Å². The number of carbonyl (C=O) groups excluding carboxylic acids is 1. The molecule has 0 aromatic rings. The molecule has 0 aromatic heterocycles. The molecular formula is C15H20F4O7S. The largest absolute Gasteiger partial charge is 0.464 e. The summed E-state index contributed by atoms with van der Waals surface area (Å²) in [5.74, 6) is -2.58. The average molecular weight is 420 g/mol. The van der Waals surface area contributed by atoms with Crippen LogP contribution in [0.15, 0.2) is 0 Å². The molecule has 7 nitrogen and oxygen atoms in total. The van der Waals surface area contributed by atoms with Gasteiger partial charge in [0, 0.05) is 11.8 Å². The average Bonchev–Trinajstić information content (AvgIpc) is 2.39. The van der Waals surface area contributed by atoms with Crippen molar-refractivity contribution in [2.75, 3.05) is 13.3 Å². The van der Waals surface area contributed by atoms with Crippen molar-refractivity contribution in [3.8, 4) is 0 Å². The first-order valence-electron chi connectivity index (χ1n) is 8.31. The Hall–Kier alpha value is -0.980. The Labute approximate surface area is 152 Å². The van der Waals surface area contributed by atoms with Gasteiger partial charge in [0.05, 0.1) is 17.8 Å². The van der Waals surface area contributed by atoms with Gasteiger partial charge in [0.2, 0.25) is 0 Å². The van der Waals surface area contributed by atoms with E-state index in [2.05, 4.69) is 4.74 Å². The maximum Gasteiger partial charge on any atom is 0.423 e. The van der Waals surface area contributed by atoms with E-state index in [-0.39, 0.29) is 25.2 Å². The van der Waals surface area contributed by atoms with Gasteiger partial charge < -0.3 is 14.9 Å². The maximum atomic E-state index is 13.2. The SMILES string of the molecule is O=C(OCC12CC3CC(O)(CC(O)(C3)C1)C2)C(CF)(C(F)(F)F)S(=O)(=O)O. The topological polar surface area (TPSA) is 121 Å². The highest BCUT2D eigenvalue weighted by Crippen LogP contribution is 2.63. The minimum atomic E-state index is -6.21. The lowest BCUT2D eigenvalue weighted by Gasteiger charge is -2.63. The summed E-state index contributed by atoms with van der Waals surface area (Å²) in [6, 6.07) is 0. The summed E-state index contributed by atoms with van der Waals surface area (Å²) in [7, 11) is -6.21. The standard InChI is InChI=1S/C15H20F4O7S/c16-7-14(15(17,18)19,27(23,24)25)10(20)26-8-11-1-9-2-12(21,4-11)6-13(22,3-9)5-11/h9,21-22H,1-8H2,(H,23,24,25). The summed E-state index contributed by atoms with van der Waals surface area (Å²) >= 11 is 0. The lowest BCUT2D eigenvalue weighted by Crippen LogP contribution is -2.65. The Kier molecular flexibility index (Phi) is 4.43. The smallest absolute Gasteiger partial charge is 0.423 e. The Bertz CT molecular complexity index is 734. The molecule has 156 valence electrons. The number of esters is 1. The number of halogens is 4. The third-order valence-electron chi connectivity index (χ3n) is 6.05. The monoisotopic (exact) mass is 420 g/mol. The van der Waals surface area contributed by atoms with Crippen LogP contribution < -0.4 is 0 Å². The molecule has 27 heavy (non-hydrogen) atoms. The summed E-state index contributed by atoms with van der Waals surface area (Å²) in [6.45, 7) is -3.46. The van der Waals surface area contributed by atoms with E-state index in [0.29, 0.717) is 19.3 Å². The maximum absolute atomic E-state index is 13.2. The second-order valence-electron chi connectivity index (χ2n) is 8.47. The third-order valence-corrected chi connectivity index (χ3v) is 7.44. The van der Waals surface area contributed by atoms with Crippen LogP contribution in [0.1, 0.15) is 38.5 Å². The first-order chi connectivity index (χ1) is 12.1.